The van der Waals surface area contributed by atoms with Crippen LogP contribution in [0.1, 0.15) is 42.0 Å². The van der Waals surface area contributed by atoms with E-state index in [-0.39, 0.29) is 5.63 Å². The quantitative estimate of drug-likeness (QED) is 0.474. The van der Waals surface area contributed by atoms with Crippen molar-refractivity contribution in [1.29, 1.82) is 0 Å². The van der Waals surface area contributed by atoms with E-state index in [2.05, 4.69) is 58.9 Å². The predicted molar refractivity (Wildman–Crippen MR) is 116 cm³/mol. The lowest BCUT2D eigenvalue weighted by Crippen LogP contribution is -2.32. The van der Waals surface area contributed by atoms with Crippen LogP contribution in [0.3, 0.4) is 0 Å². The highest BCUT2D eigenvalue weighted by Crippen LogP contribution is 2.37. The number of benzene rings is 2. The van der Waals surface area contributed by atoms with Crippen LogP contribution in [0.2, 0.25) is 0 Å². The van der Waals surface area contributed by atoms with Gasteiger partial charge in [-0.15, -0.1) is 0 Å². The van der Waals surface area contributed by atoms with E-state index in [1.807, 2.05) is 6.92 Å². The Bertz CT molecular complexity index is 1100. The first-order valence-corrected chi connectivity index (χ1v) is 10.5. The van der Waals surface area contributed by atoms with Gasteiger partial charge >= 0.3 is 5.63 Å². The van der Waals surface area contributed by atoms with Crippen LogP contribution in [-0.4, -0.2) is 6.73 Å². The number of anilines is 1. The third kappa shape index (κ3) is 3.44. The summed E-state index contributed by atoms with van der Waals surface area (Å²) in [6, 6.07) is 10.1. The summed E-state index contributed by atoms with van der Waals surface area (Å²) in [5, 5.41) is 1.03. The van der Waals surface area contributed by atoms with Gasteiger partial charge in [-0.3, -0.25) is 0 Å². The van der Waals surface area contributed by atoms with Gasteiger partial charge in [0.1, 0.15) is 11.3 Å². The molecule has 0 unspecified atom stereocenters. The molecular formula is C23H24BrNO3. The number of ether oxygens (including phenoxy) is 1. The van der Waals surface area contributed by atoms with E-state index in [9.17, 15) is 4.79 Å². The Morgan fingerprint density at radius 3 is 2.75 bits per heavy atom. The molecule has 0 atom stereocenters. The molecule has 3 aromatic rings. The van der Waals surface area contributed by atoms with Crippen LogP contribution in [0.4, 0.5) is 5.69 Å². The van der Waals surface area contributed by atoms with Crippen LogP contribution in [-0.2, 0) is 13.0 Å². The molecule has 2 aromatic carbocycles. The average molecular weight is 442 g/mol. The molecule has 1 aliphatic rings. The molecule has 0 bridgehead atoms. The Balaban J connectivity index is 1.78. The van der Waals surface area contributed by atoms with E-state index in [4.69, 9.17) is 9.15 Å². The SMILES string of the molecule is CCCCc1cc(=O)oc2c(C)c3c(cc12)CN(c1ccc(Br)c(C)c1)CO3. The van der Waals surface area contributed by atoms with Gasteiger partial charge in [-0.25, -0.2) is 4.79 Å². The molecule has 4 nitrogen and oxygen atoms in total. The zero-order chi connectivity index (χ0) is 19.8. The van der Waals surface area contributed by atoms with Crippen molar-refractivity contribution in [3.8, 4) is 5.75 Å². The zero-order valence-electron chi connectivity index (χ0n) is 16.5. The van der Waals surface area contributed by atoms with E-state index in [0.29, 0.717) is 12.3 Å². The summed E-state index contributed by atoms with van der Waals surface area (Å²) in [4.78, 5) is 14.3. The number of fused-ring (bicyclic) bond motifs is 2. The highest BCUT2D eigenvalue weighted by molar-refractivity contribution is 9.10. The molecule has 5 heteroatoms. The van der Waals surface area contributed by atoms with Crippen molar-refractivity contribution in [2.24, 2.45) is 0 Å². The molecule has 0 spiro atoms. The minimum atomic E-state index is -0.288. The number of aryl methyl sites for hydroxylation is 3. The Labute approximate surface area is 173 Å². The molecule has 0 saturated carbocycles. The fourth-order valence-electron chi connectivity index (χ4n) is 3.85. The third-order valence-corrected chi connectivity index (χ3v) is 6.30. The van der Waals surface area contributed by atoms with E-state index < -0.39 is 0 Å². The number of hydrogen-bond donors (Lipinski definition) is 0. The molecule has 0 N–H and O–H groups in total. The summed E-state index contributed by atoms with van der Waals surface area (Å²) < 4.78 is 12.8. The van der Waals surface area contributed by atoms with Crippen LogP contribution in [0.5, 0.6) is 5.75 Å². The first kappa shape index (κ1) is 19.1. The fraction of sp³-hybridized carbons (Fsp3) is 0.348. The van der Waals surface area contributed by atoms with E-state index >= 15 is 0 Å². The number of hydrogen-bond acceptors (Lipinski definition) is 4. The molecule has 1 aromatic heterocycles. The van der Waals surface area contributed by atoms with E-state index in [1.165, 1.54) is 5.56 Å². The Morgan fingerprint density at radius 2 is 2.00 bits per heavy atom. The normalized spacial score (nSPS) is 13.5. The molecule has 0 aliphatic carbocycles. The van der Waals surface area contributed by atoms with E-state index in [1.54, 1.807) is 6.07 Å². The fourth-order valence-corrected chi connectivity index (χ4v) is 4.10. The van der Waals surface area contributed by atoms with E-state index in [0.717, 1.165) is 63.8 Å². The summed E-state index contributed by atoms with van der Waals surface area (Å²) in [5.74, 6) is 0.841. The van der Waals surface area contributed by atoms with Gasteiger partial charge in [0.15, 0.2) is 6.73 Å². The van der Waals surface area contributed by atoms with Crippen LogP contribution < -0.4 is 15.3 Å². The highest BCUT2D eigenvalue weighted by atomic mass is 79.9. The molecule has 146 valence electrons. The maximum atomic E-state index is 12.1. The largest absolute Gasteiger partial charge is 0.472 e. The minimum Gasteiger partial charge on any atom is -0.472 e. The van der Waals surface area contributed by atoms with Crippen molar-refractivity contribution in [2.75, 3.05) is 11.6 Å². The number of nitrogens with zero attached hydrogens (tertiary/aromatic N) is 1. The monoisotopic (exact) mass is 441 g/mol. The standard InChI is InChI=1S/C23H24BrNO3/c1-4-5-6-16-11-21(26)28-23-15(3)22-17(10-19(16)23)12-25(13-27-22)18-7-8-20(24)14(2)9-18/h7-11H,4-6,12-13H2,1-3H3. The van der Waals surface area contributed by atoms with Crippen LogP contribution in [0, 0.1) is 13.8 Å². The van der Waals surface area contributed by atoms with Gasteiger partial charge in [-0.1, -0.05) is 29.3 Å². The summed E-state index contributed by atoms with van der Waals surface area (Å²) in [6.07, 6.45) is 3.02. The molecule has 2 heterocycles. The first-order valence-electron chi connectivity index (χ1n) is 9.71. The molecule has 0 radical (unpaired) electrons. The summed E-state index contributed by atoms with van der Waals surface area (Å²) in [5.41, 5.74) is 5.81. The van der Waals surface area contributed by atoms with Crippen molar-refractivity contribution in [2.45, 2.75) is 46.6 Å². The maximum absolute atomic E-state index is 12.1. The average Bonchev–Trinajstić information content (AvgIpc) is 2.69. The zero-order valence-corrected chi connectivity index (χ0v) is 18.1. The smallest absolute Gasteiger partial charge is 0.336 e. The Hall–Kier alpha value is -2.27. The Morgan fingerprint density at radius 1 is 1.18 bits per heavy atom. The molecular weight excluding hydrogens is 418 g/mol. The lowest BCUT2D eigenvalue weighted by atomic mass is 9.98. The molecule has 28 heavy (non-hydrogen) atoms. The molecule has 1 aliphatic heterocycles. The molecule has 0 fully saturated rings. The van der Waals surface area contributed by atoms with Crippen LogP contribution in [0.15, 0.2) is 44.0 Å². The highest BCUT2D eigenvalue weighted by Gasteiger charge is 2.23. The second-order valence-electron chi connectivity index (χ2n) is 7.47. The van der Waals surface area contributed by atoms with Gasteiger partial charge in [0.05, 0.1) is 0 Å². The third-order valence-electron chi connectivity index (χ3n) is 5.41. The van der Waals surface area contributed by atoms with Gasteiger partial charge in [0.2, 0.25) is 0 Å². The van der Waals surface area contributed by atoms with Crippen molar-refractivity contribution in [3.05, 3.63) is 67.5 Å². The van der Waals surface area contributed by atoms with Crippen molar-refractivity contribution < 1.29 is 9.15 Å². The van der Waals surface area contributed by atoms with Crippen molar-refractivity contribution in [3.63, 3.8) is 0 Å². The lowest BCUT2D eigenvalue weighted by Gasteiger charge is -2.32. The predicted octanol–water partition coefficient (Wildman–Crippen LogP) is 5.87. The Kier molecular flexibility index (Phi) is 5.19. The summed E-state index contributed by atoms with van der Waals surface area (Å²) >= 11 is 3.56. The maximum Gasteiger partial charge on any atom is 0.336 e. The van der Waals surface area contributed by atoms with Gasteiger partial charge in [-0.2, -0.15) is 0 Å². The summed E-state index contributed by atoms with van der Waals surface area (Å²) in [6.45, 7) is 7.46. The second kappa shape index (κ2) is 7.63. The topological polar surface area (TPSA) is 42.7 Å². The minimum absolute atomic E-state index is 0.288. The van der Waals surface area contributed by atoms with Crippen LogP contribution in [0.25, 0.3) is 11.0 Å². The number of rotatable bonds is 4. The first-order chi connectivity index (χ1) is 13.5. The lowest BCUT2D eigenvalue weighted by molar-refractivity contribution is 0.287. The van der Waals surface area contributed by atoms with Gasteiger partial charge in [-0.05, 0) is 62.1 Å². The van der Waals surface area contributed by atoms with Gasteiger partial charge in [0, 0.05) is 39.3 Å². The van der Waals surface area contributed by atoms with Crippen molar-refractivity contribution >= 4 is 32.6 Å². The number of unbranched alkanes of at least 4 members (excludes halogenated alkanes) is 1. The van der Waals surface area contributed by atoms with Crippen LogP contribution >= 0.6 is 15.9 Å². The molecule has 0 amide bonds. The second-order valence-corrected chi connectivity index (χ2v) is 8.32. The van der Waals surface area contributed by atoms with Crippen molar-refractivity contribution in [1.82, 2.24) is 0 Å². The summed E-state index contributed by atoms with van der Waals surface area (Å²) in [7, 11) is 0. The van der Waals surface area contributed by atoms with Gasteiger partial charge < -0.3 is 14.1 Å². The van der Waals surface area contributed by atoms with Gasteiger partial charge in [0.25, 0.3) is 0 Å². The molecule has 4 rings (SSSR count). The number of halogens is 1. The molecule has 0 saturated heterocycles.